The van der Waals surface area contributed by atoms with E-state index in [1.807, 2.05) is 42.8 Å². The fourth-order valence-electron chi connectivity index (χ4n) is 3.62. The number of aromatic nitrogens is 3. The van der Waals surface area contributed by atoms with Gasteiger partial charge in [0.05, 0.1) is 11.3 Å². The van der Waals surface area contributed by atoms with E-state index in [0.29, 0.717) is 16.0 Å². The summed E-state index contributed by atoms with van der Waals surface area (Å²) < 4.78 is 1.87. The van der Waals surface area contributed by atoms with Crippen LogP contribution in [0.25, 0.3) is 11.4 Å². The van der Waals surface area contributed by atoms with Crippen LogP contribution in [0.4, 0.5) is 0 Å². The van der Waals surface area contributed by atoms with E-state index >= 15 is 0 Å². The first-order chi connectivity index (χ1) is 13.4. The number of rotatable bonds is 5. The quantitative estimate of drug-likeness (QED) is 0.678. The van der Waals surface area contributed by atoms with Crippen molar-refractivity contribution in [2.75, 3.05) is 7.05 Å². The van der Waals surface area contributed by atoms with Gasteiger partial charge in [-0.3, -0.25) is 4.79 Å². The summed E-state index contributed by atoms with van der Waals surface area (Å²) in [5, 5.41) is 19.2. The van der Waals surface area contributed by atoms with Crippen LogP contribution in [-0.4, -0.2) is 43.4 Å². The molecule has 1 aliphatic rings. The van der Waals surface area contributed by atoms with Crippen LogP contribution in [0.15, 0.2) is 29.4 Å². The highest BCUT2D eigenvalue weighted by Gasteiger charge is 2.40. The molecule has 1 fully saturated rings. The summed E-state index contributed by atoms with van der Waals surface area (Å²) in [6.07, 6.45) is 4.59. The van der Waals surface area contributed by atoms with Gasteiger partial charge < -0.3 is 9.47 Å². The summed E-state index contributed by atoms with van der Waals surface area (Å²) in [4.78, 5) is 14.7. The second-order valence-electron chi connectivity index (χ2n) is 7.23. The lowest BCUT2D eigenvalue weighted by Gasteiger charge is -2.40. The predicted octanol–water partition coefficient (Wildman–Crippen LogP) is 4.30. The zero-order valence-electron chi connectivity index (χ0n) is 16.4. The van der Waals surface area contributed by atoms with Crippen molar-refractivity contribution in [2.45, 2.75) is 55.0 Å². The lowest BCUT2D eigenvalue weighted by Crippen LogP contribution is -2.52. The van der Waals surface area contributed by atoms with Crippen LogP contribution in [0, 0.1) is 11.3 Å². The average Bonchev–Trinajstić information content (AvgIpc) is 3.08. The summed E-state index contributed by atoms with van der Waals surface area (Å²) in [5.41, 5.74) is 0.228. The number of thioether (sulfide) groups is 1. The molecule has 0 unspecified atom stereocenters. The maximum atomic E-state index is 13.0. The zero-order chi connectivity index (χ0) is 20.3. The average molecular weight is 418 g/mol. The highest BCUT2D eigenvalue weighted by molar-refractivity contribution is 8.00. The molecule has 148 valence electrons. The number of hydrogen-bond acceptors (Lipinski definition) is 5. The molecule has 0 radical (unpaired) electrons. The minimum absolute atomic E-state index is 0.0514. The molecule has 2 aromatic rings. The maximum absolute atomic E-state index is 13.0. The summed E-state index contributed by atoms with van der Waals surface area (Å²) in [6.45, 7) is 1.86. The summed E-state index contributed by atoms with van der Waals surface area (Å²) >= 11 is 7.31. The topological polar surface area (TPSA) is 74.8 Å². The van der Waals surface area contributed by atoms with Gasteiger partial charge in [-0.25, -0.2) is 0 Å². The Morgan fingerprint density at radius 1 is 1.29 bits per heavy atom. The van der Waals surface area contributed by atoms with Crippen LogP contribution >= 0.6 is 23.4 Å². The Morgan fingerprint density at radius 3 is 2.54 bits per heavy atom. The van der Waals surface area contributed by atoms with Gasteiger partial charge in [-0.1, -0.05) is 42.6 Å². The zero-order valence-corrected chi connectivity index (χ0v) is 17.9. The van der Waals surface area contributed by atoms with Crippen LogP contribution in [0.3, 0.4) is 0 Å². The largest absolute Gasteiger partial charge is 0.326 e. The van der Waals surface area contributed by atoms with E-state index < -0.39 is 5.54 Å². The van der Waals surface area contributed by atoms with Gasteiger partial charge in [-0.05, 0) is 44.0 Å². The van der Waals surface area contributed by atoms with Crippen LogP contribution in [0.5, 0.6) is 0 Å². The molecule has 0 N–H and O–H groups in total. The Bertz CT molecular complexity index is 883. The second kappa shape index (κ2) is 8.54. The molecule has 0 aliphatic heterocycles. The Labute approximate surface area is 174 Å². The first-order valence-corrected chi connectivity index (χ1v) is 10.6. The molecule has 1 heterocycles. The second-order valence-corrected chi connectivity index (χ2v) is 8.98. The van der Waals surface area contributed by atoms with Gasteiger partial charge >= 0.3 is 0 Å². The van der Waals surface area contributed by atoms with Crippen molar-refractivity contribution in [1.82, 2.24) is 19.7 Å². The van der Waals surface area contributed by atoms with Crippen LogP contribution < -0.4 is 0 Å². The third-order valence-electron chi connectivity index (χ3n) is 5.43. The van der Waals surface area contributed by atoms with Gasteiger partial charge in [0.25, 0.3) is 0 Å². The molecule has 0 bridgehead atoms. The smallest absolute Gasteiger partial charge is 0.236 e. The van der Waals surface area contributed by atoms with E-state index in [2.05, 4.69) is 16.3 Å². The van der Waals surface area contributed by atoms with Crippen LogP contribution in [0.1, 0.15) is 39.0 Å². The molecule has 0 saturated heterocycles. The van der Waals surface area contributed by atoms with Crippen LogP contribution in [0.2, 0.25) is 5.02 Å². The van der Waals surface area contributed by atoms with Gasteiger partial charge in [-0.2, -0.15) is 5.26 Å². The summed E-state index contributed by atoms with van der Waals surface area (Å²) in [7, 11) is 3.63. The molecule has 0 spiro atoms. The van der Waals surface area contributed by atoms with Crippen molar-refractivity contribution in [3.8, 4) is 17.5 Å². The van der Waals surface area contributed by atoms with Crippen molar-refractivity contribution in [3.05, 3.63) is 29.3 Å². The number of carbonyl (C=O) groups is 1. The predicted molar refractivity (Wildman–Crippen MR) is 111 cm³/mol. The monoisotopic (exact) mass is 417 g/mol. The van der Waals surface area contributed by atoms with E-state index in [0.717, 1.165) is 37.7 Å². The Balaban J connectivity index is 1.74. The molecule has 6 nitrogen and oxygen atoms in total. The maximum Gasteiger partial charge on any atom is 0.236 e. The Kier molecular flexibility index (Phi) is 6.31. The fourth-order valence-corrected chi connectivity index (χ4v) is 4.65. The number of halogens is 1. The molecule has 1 aromatic carbocycles. The molecule has 3 rings (SSSR count). The van der Waals surface area contributed by atoms with Gasteiger partial charge in [-0.15, -0.1) is 10.2 Å². The van der Waals surface area contributed by atoms with Crippen molar-refractivity contribution in [1.29, 1.82) is 5.26 Å². The van der Waals surface area contributed by atoms with E-state index in [1.165, 1.54) is 11.8 Å². The van der Waals surface area contributed by atoms with E-state index in [9.17, 15) is 10.1 Å². The number of nitrogens with zero attached hydrogens (tertiary/aromatic N) is 5. The van der Waals surface area contributed by atoms with Crippen molar-refractivity contribution in [3.63, 3.8) is 0 Å². The van der Waals surface area contributed by atoms with E-state index in [4.69, 9.17) is 11.6 Å². The number of amides is 1. The highest BCUT2D eigenvalue weighted by Crippen LogP contribution is 2.34. The SMILES string of the molecule is C[C@@H](Sc1nnc(-c2ccc(Cl)cc2)n1C)C(=O)N(C)C1(C#N)CCCCC1. The minimum atomic E-state index is -0.682. The molecule has 1 atom stereocenters. The lowest BCUT2D eigenvalue weighted by molar-refractivity contribution is -0.133. The van der Waals surface area contributed by atoms with Gasteiger partial charge in [0.2, 0.25) is 5.91 Å². The van der Waals surface area contributed by atoms with Crippen LogP contribution in [-0.2, 0) is 11.8 Å². The van der Waals surface area contributed by atoms with Crippen molar-refractivity contribution in [2.24, 2.45) is 7.05 Å². The lowest BCUT2D eigenvalue weighted by atomic mass is 9.81. The molecule has 1 amide bonds. The minimum Gasteiger partial charge on any atom is -0.326 e. The standard InChI is InChI=1S/C20H24ClN5OS/c1-14(18(27)26(3)20(13-22)11-5-4-6-12-20)28-19-24-23-17(25(19)2)15-7-9-16(21)10-8-15/h7-10,14H,4-6,11-12H2,1-3H3/t14-/m1/s1. The highest BCUT2D eigenvalue weighted by atomic mass is 35.5. The number of hydrogen-bond donors (Lipinski definition) is 0. The first-order valence-electron chi connectivity index (χ1n) is 9.39. The molecule has 28 heavy (non-hydrogen) atoms. The number of benzene rings is 1. The van der Waals surface area contributed by atoms with Gasteiger partial charge in [0.15, 0.2) is 11.0 Å². The molecule has 1 aliphatic carbocycles. The molecular weight excluding hydrogens is 394 g/mol. The van der Waals surface area contributed by atoms with Crippen molar-refractivity contribution >= 4 is 29.3 Å². The fraction of sp³-hybridized carbons (Fsp3) is 0.500. The number of nitriles is 1. The molecule has 1 saturated carbocycles. The normalized spacial score (nSPS) is 17.0. The molecule has 1 aromatic heterocycles. The number of carbonyl (C=O) groups excluding carboxylic acids is 1. The third-order valence-corrected chi connectivity index (χ3v) is 6.80. The Hall–Kier alpha value is -2.04. The third kappa shape index (κ3) is 4.03. The molecular formula is C20H24ClN5OS. The van der Waals surface area contributed by atoms with Gasteiger partial charge in [0.1, 0.15) is 5.54 Å². The van der Waals surface area contributed by atoms with Gasteiger partial charge in [0, 0.05) is 24.7 Å². The molecule has 8 heteroatoms. The van der Waals surface area contributed by atoms with Crippen molar-refractivity contribution < 1.29 is 4.79 Å². The summed E-state index contributed by atoms with van der Waals surface area (Å²) in [6, 6.07) is 9.81. The van der Waals surface area contributed by atoms with E-state index in [-0.39, 0.29) is 11.2 Å². The Morgan fingerprint density at radius 2 is 1.93 bits per heavy atom. The summed E-state index contributed by atoms with van der Waals surface area (Å²) in [5.74, 6) is 0.664. The van der Waals surface area contributed by atoms with E-state index in [1.54, 1.807) is 11.9 Å². The first kappa shape index (κ1) is 20.7.